The highest BCUT2D eigenvalue weighted by Gasteiger charge is 2.11. The van der Waals surface area contributed by atoms with Crippen LogP contribution in [0.25, 0.3) is 16.9 Å². The van der Waals surface area contributed by atoms with Gasteiger partial charge in [-0.3, -0.25) is 0 Å². The molecule has 0 atom stereocenters. The van der Waals surface area contributed by atoms with Gasteiger partial charge in [-0.1, -0.05) is 31.5 Å². The van der Waals surface area contributed by atoms with E-state index in [-0.39, 0.29) is 5.69 Å². The van der Waals surface area contributed by atoms with Crippen LogP contribution in [0.3, 0.4) is 0 Å². The highest BCUT2D eigenvalue weighted by atomic mass is 16.1. The molecule has 0 amide bonds. The average Bonchev–Trinajstić information content (AvgIpc) is 2.76. The zero-order valence-corrected chi connectivity index (χ0v) is 10.8. The van der Waals surface area contributed by atoms with Crippen molar-refractivity contribution in [2.24, 2.45) is 0 Å². The molecule has 19 heavy (non-hydrogen) atoms. The summed E-state index contributed by atoms with van der Waals surface area (Å²) >= 11 is 0. The molecule has 4 nitrogen and oxygen atoms in total. The van der Waals surface area contributed by atoms with Gasteiger partial charge >= 0.3 is 5.69 Å². The van der Waals surface area contributed by atoms with Crippen LogP contribution in [-0.2, 0) is 6.42 Å². The van der Waals surface area contributed by atoms with Crippen molar-refractivity contribution in [3.63, 3.8) is 0 Å². The van der Waals surface area contributed by atoms with Gasteiger partial charge in [0, 0.05) is 6.20 Å². The summed E-state index contributed by atoms with van der Waals surface area (Å²) in [5, 5.41) is 0. The van der Waals surface area contributed by atoms with Crippen LogP contribution in [0.5, 0.6) is 0 Å². The smallest absolute Gasteiger partial charge is 0.304 e. The van der Waals surface area contributed by atoms with Gasteiger partial charge in [-0.15, -0.1) is 0 Å². The molecule has 0 unspecified atom stereocenters. The number of aryl methyl sites for hydroxylation is 1. The van der Waals surface area contributed by atoms with Gasteiger partial charge in [-0.05, 0) is 30.2 Å². The molecule has 0 aliphatic carbocycles. The second-order valence-corrected chi connectivity index (χ2v) is 4.52. The first-order chi connectivity index (χ1) is 9.31. The lowest BCUT2D eigenvalue weighted by molar-refractivity contribution is 0.891. The molecule has 0 saturated heterocycles. The monoisotopic (exact) mass is 253 g/mol. The number of aromatic nitrogens is 3. The molecule has 1 N–H and O–H groups in total. The molecule has 0 saturated carbocycles. The molecule has 3 rings (SSSR count). The predicted octanol–water partition coefficient (Wildman–Crippen LogP) is 2.67. The van der Waals surface area contributed by atoms with Crippen LogP contribution in [0, 0.1) is 0 Å². The zero-order chi connectivity index (χ0) is 13.2. The first-order valence-electron chi connectivity index (χ1n) is 6.45. The standard InChI is InChI=1S/C15H15N3O/c1-2-6-11-7-3-4-9-13(11)18-14-12(17-15(18)19)8-5-10-16-14/h3-5,7-10H,2,6H2,1H3,(H,17,19). The van der Waals surface area contributed by atoms with Crippen LogP contribution in [-0.4, -0.2) is 14.5 Å². The van der Waals surface area contributed by atoms with E-state index in [2.05, 4.69) is 23.0 Å². The molecule has 0 bridgehead atoms. The van der Waals surface area contributed by atoms with Gasteiger partial charge in [-0.2, -0.15) is 0 Å². The van der Waals surface area contributed by atoms with Gasteiger partial charge in [0.05, 0.1) is 11.2 Å². The third kappa shape index (κ3) is 1.95. The quantitative estimate of drug-likeness (QED) is 0.780. The molecule has 0 radical (unpaired) electrons. The fourth-order valence-corrected chi connectivity index (χ4v) is 2.37. The predicted molar refractivity (Wildman–Crippen MR) is 75.7 cm³/mol. The van der Waals surface area contributed by atoms with Crippen LogP contribution in [0.4, 0.5) is 0 Å². The number of pyridine rings is 1. The van der Waals surface area contributed by atoms with Crippen LogP contribution in [0.15, 0.2) is 47.4 Å². The van der Waals surface area contributed by atoms with Gasteiger partial charge in [0.1, 0.15) is 0 Å². The number of imidazole rings is 1. The fraction of sp³-hybridized carbons (Fsp3) is 0.200. The molecule has 0 aliphatic rings. The summed E-state index contributed by atoms with van der Waals surface area (Å²) in [6.45, 7) is 2.13. The Kier molecular flexibility index (Phi) is 2.91. The molecule has 2 heterocycles. The number of hydrogen-bond donors (Lipinski definition) is 1. The summed E-state index contributed by atoms with van der Waals surface area (Å²) in [4.78, 5) is 19.3. The number of rotatable bonds is 3. The van der Waals surface area contributed by atoms with E-state index < -0.39 is 0 Å². The molecule has 3 aromatic rings. The van der Waals surface area contributed by atoms with Crippen molar-refractivity contribution in [1.82, 2.24) is 14.5 Å². The third-order valence-electron chi connectivity index (χ3n) is 3.20. The Hall–Kier alpha value is -2.36. The Labute approximate surface area is 110 Å². The normalized spacial score (nSPS) is 11.0. The summed E-state index contributed by atoms with van der Waals surface area (Å²) in [6, 6.07) is 11.7. The highest BCUT2D eigenvalue weighted by molar-refractivity contribution is 5.73. The lowest BCUT2D eigenvalue weighted by atomic mass is 10.1. The maximum absolute atomic E-state index is 12.2. The van der Waals surface area contributed by atoms with E-state index in [4.69, 9.17) is 0 Å². The number of para-hydroxylation sites is 1. The van der Waals surface area contributed by atoms with Crippen molar-refractivity contribution in [1.29, 1.82) is 0 Å². The van der Waals surface area contributed by atoms with E-state index in [1.807, 2.05) is 30.3 Å². The number of fused-ring (bicyclic) bond motifs is 1. The molecule has 1 aromatic carbocycles. The summed E-state index contributed by atoms with van der Waals surface area (Å²) in [5.74, 6) is 0. The minimum atomic E-state index is -0.141. The molecule has 2 aromatic heterocycles. The second kappa shape index (κ2) is 4.72. The van der Waals surface area contributed by atoms with Gasteiger partial charge in [0.25, 0.3) is 0 Å². The Morgan fingerprint density at radius 2 is 2.05 bits per heavy atom. The second-order valence-electron chi connectivity index (χ2n) is 4.52. The average molecular weight is 253 g/mol. The molecular weight excluding hydrogens is 238 g/mol. The van der Waals surface area contributed by atoms with Crippen molar-refractivity contribution < 1.29 is 0 Å². The van der Waals surface area contributed by atoms with Crippen LogP contribution >= 0.6 is 0 Å². The van der Waals surface area contributed by atoms with E-state index in [0.29, 0.717) is 5.65 Å². The summed E-state index contributed by atoms with van der Waals surface area (Å²) < 4.78 is 1.65. The topological polar surface area (TPSA) is 50.7 Å². The SMILES string of the molecule is CCCc1ccccc1-n1c(=O)[nH]c2cccnc21. The van der Waals surface area contributed by atoms with Crippen LogP contribution in [0.1, 0.15) is 18.9 Å². The van der Waals surface area contributed by atoms with E-state index in [1.165, 1.54) is 5.56 Å². The molecule has 96 valence electrons. The Bertz CT molecular complexity index is 770. The Balaban J connectivity index is 2.30. The zero-order valence-electron chi connectivity index (χ0n) is 10.8. The minimum Gasteiger partial charge on any atom is -0.304 e. The number of aromatic amines is 1. The minimum absolute atomic E-state index is 0.141. The fourth-order valence-electron chi connectivity index (χ4n) is 2.37. The molecule has 0 aliphatic heterocycles. The third-order valence-corrected chi connectivity index (χ3v) is 3.20. The maximum atomic E-state index is 12.2. The van der Waals surface area contributed by atoms with E-state index >= 15 is 0 Å². The van der Waals surface area contributed by atoms with Gasteiger partial charge in [-0.25, -0.2) is 14.3 Å². The van der Waals surface area contributed by atoms with Crippen molar-refractivity contribution >= 4 is 11.2 Å². The van der Waals surface area contributed by atoms with E-state index in [1.54, 1.807) is 10.8 Å². The number of nitrogens with one attached hydrogen (secondary N) is 1. The lowest BCUT2D eigenvalue weighted by Crippen LogP contribution is -2.16. The molecular formula is C15H15N3O. The van der Waals surface area contributed by atoms with Crippen LogP contribution < -0.4 is 5.69 Å². The largest absolute Gasteiger partial charge is 0.332 e. The summed E-state index contributed by atoms with van der Waals surface area (Å²) in [5.41, 5.74) is 3.38. The lowest BCUT2D eigenvalue weighted by Gasteiger charge is -2.09. The Morgan fingerprint density at radius 1 is 1.21 bits per heavy atom. The van der Waals surface area contributed by atoms with E-state index in [9.17, 15) is 4.79 Å². The Morgan fingerprint density at radius 3 is 2.89 bits per heavy atom. The summed E-state index contributed by atoms with van der Waals surface area (Å²) in [7, 11) is 0. The number of H-pyrrole nitrogens is 1. The van der Waals surface area contributed by atoms with Gasteiger partial charge < -0.3 is 4.98 Å². The number of benzene rings is 1. The first-order valence-corrected chi connectivity index (χ1v) is 6.45. The van der Waals surface area contributed by atoms with Gasteiger partial charge in [0.15, 0.2) is 5.65 Å². The number of hydrogen-bond acceptors (Lipinski definition) is 2. The molecule has 0 spiro atoms. The van der Waals surface area contributed by atoms with E-state index in [0.717, 1.165) is 24.0 Å². The van der Waals surface area contributed by atoms with Crippen molar-refractivity contribution in [3.05, 3.63) is 58.6 Å². The molecule has 0 fully saturated rings. The highest BCUT2D eigenvalue weighted by Crippen LogP contribution is 2.18. The van der Waals surface area contributed by atoms with Crippen molar-refractivity contribution in [2.45, 2.75) is 19.8 Å². The van der Waals surface area contributed by atoms with Crippen LogP contribution in [0.2, 0.25) is 0 Å². The molecule has 4 heteroatoms. The number of nitrogens with zero attached hydrogens (tertiary/aromatic N) is 2. The maximum Gasteiger partial charge on any atom is 0.332 e. The van der Waals surface area contributed by atoms with Crippen molar-refractivity contribution in [2.75, 3.05) is 0 Å². The van der Waals surface area contributed by atoms with Crippen molar-refractivity contribution in [3.8, 4) is 5.69 Å². The first kappa shape index (κ1) is 11.7. The summed E-state index contributed by atoms with van der Waals surface area (Å²) in [6.07, 6.45) is 3.69. The van der Waals surface area contributed by atoms with Gasteiger partial charge in [0.2, 0.25) is 0 Å².